The van der Waals surface area contributed by atoms with Gasteiger partial charge in [-0.2, -0.15) is 22.3 Å². The number of guanidine groups is 1. The lowest BCUT2D eigenvalue weighted by molar-refractivity contribution is 0.271. The van der Waals surface area contributed by atoms with Crippen LogP contribution in [0.1, 0.15) is 5.56 Å². The predicted molar refractivity (Wildman–Crippen MR) is 110 cm³/mol. The number of nitrogens with two attached hydrogens (primary N) is 1. The van der Waals surface area contributed by atoms with Crippen LogP contribution >= 0.6 is 11.7 Å². The first kappa shape index (κ1) is 20.5. The van der Waals surface area contributed by atoms with Crippen LogP contribution < -0.4 is 14.7 Å². The maximum absolute atomic E-state index is 12.8. The van der Waals surface area contributed by atoms with Gasteiger partial charge in [0.1, 0.15) is 34.0 Å². The third-order valence-corrected chi connectivity index (χ3v) is 5.59. The van der Waals surface area contributed by atoms with Crippen molar-refractivity contribution in [3.05, 3.63) is 42.0 Å². The highest BCUT2D eigenvalue weighted by Gasteiger charge is 2.22. The van der Waals surface area contributed by atoms with Gasteiger partial charge >= 0.3 is 10.1 Å². The van der Waals surface area contributed by atoms with E-state index < -0.39 is 10.1 Å². The Bertz CT molecular complexity index is 1160. The van der Waals surface area contributed by atoms with Crippen molar-refractivity contribution in [2.75, 3.05) is 13.2 Å². The van der Waals surface area contributed by atoms with Crippen LogP contribution in [0.2, 0.25) is 0 Å². The molecule has 12 heteroatoms. The van der Waals surface area contributed by atoms with Crippen LogP contribution in [-0.4, -0.2) is 48.0 Å². The highest BCUT2D eigenvalue weighted by Crippen LogP contribution is 2.28. The second kappa shape index (κ2) is 8.41. The average molecular weight is 435 g/mol. The zero-order valence-corrected chi connectivity index (χ0v) is 17.0. The van der Waals surface area contributed by atoms with Gasteiger partial charge in [-0.3, -0.25) is 5.41 Å². The van der Waals surface area contributed by atoms with Crippen molar-refractivity contribution in [3.8, 4) is 11.5 Å². The molecule has 0 spiro atoms. The summed E-state index contributed by atoms with van der Waals surface area (Å²) >= 11 is 0.929. The number of hydrazone groups is 1. The molecule has 29 heavy (non-hydrogen) atoms. The van der Waals surface area contributed by atoms with Gasteiger partial charge in [0.05, 0.1) is 18.3 Å². The number of aromatic nitrogens is 2. The van der Waals surface area contributed by atoms with Gasteiger partial charge in [0, 0.05) is 12.8 Å². The fourth-order valence-electron chi connectivity index (χ4n) is 2.52. The second-order valence-electron chi connectivity index (χ2n) is 5.91. The van der Waals surface area contributed by atoms with Crippen molar-refractivity contribution >= 4 is 45.6 Å². The first-order chi connectivity index (χ1) is 13.8. The third kappa shape index (κ3) is 4.78. The monoisotopic (exact) mass is 434 g/mol. The fraction of sp³-hybridized carbons (Fsp3) is 0.176. The average Bonchev–Trinajstić information content (AvgIpc) is 3.12. The number of benzene rings is 2. The maximum atomic E-state index is 12.8. The molecule has 0 aliphatic carbocycles. The summed E-state index contributed by atoms with van der Waals surface area (Å²) in [5.41, 5.74) is 6.85. The standard InChI is InChI=1S/C17H18N6O4S2/c1-11-8-12(26-7-6-23(20-2)17(18)19)10-13(9-11)27-29(24,25)15-5-3-4-14-16(15)22-28-21-14/h3-5,8-10H,2,6-7H2,1H3,(H3,18,19). The van der Waals surface area contributed by atoms with Gasteiger partial charge in [0.25, 0.3) is 0 Å². The lowest BCUT2D eigenvalue weighted by atomic mass is 10.2. The molecule has 0 aliphatic rings. The minimum atomic E-state index is -4.12. The van der Waals surface area contributed by atoms with Gasteiger partial charge in [-0.25, -0.2) is 5.01 Å². The summed E-state index contributed by atoms with van der Waals surface area (Å²) < 4.78 is 44.5. The summed E-state index contributed by atoms with van der Waals surface area (Å²) in [5.74, 6) is 0.246. The first-order valence-corrected chi connectivity index (χ1v) is 10.4. The van der Waals surface area contributed by atoms with E-state index in [1.807, 2.05) is 0 Å². The lowest BCUT2D eigenvalue weighted by Gasteiger charge is -2.16. The van der Waals surface area contributed by atoms with Gasteiger partial charge in [-0.05, 0) is 36.8 Å². The van der Waals surface area contributed by atoms with E-state index in [0.717, 1.165) is 17.3 Å². The number of ether oxygens (including phenoxy) is 1. The van der Waals surface area contributed by atoms with Crippen molar-refractivity contribution in [2.45, 2.75) is 11.8 Å². The van der Waals surface area contributed by atoms with E-state index >= 15 is 0 Å². The van der Waals surface area contributed by atoms with Crippen LogP contribution in [0.3, 0.4) is 0 Å². The Morgan fingerprint density at radius 2 is 2.07 bits per heavy atom. The molecular formula is C17H18N6O4S2. The van der Waals surface area contributed by atoms with E-state index in [4.69, 9.17) is 20.1 Å². The number of hydrogen-bond acceptors (Lipinski definition) is 9. The minimum absolute atomic E-state index is 0.0538. The molecule has 0 saturated heterocycles. The Morgan fingerprint density at radius 1 is 1.31 bits per heavy atom. The van der Waals surface area contributed by atoms with Crippen LogP contribution in [0.4, 0.5) is 0 Å². The molecule has 3 N–H and O–H groups in total. The van der Waals surface area contributed by atoms with Crippen LogP contribution in [0, 0.1) is 12.3 Å². The number of nitrogens with one attached hydrogen (secondary N) is 1. The molecule has 0 saturated carbocycles. The van der Waals surface area contributed by atoms with Crippen molar-refractivity contribution < 1.29 is 17.3 Å². The molecule has 0 bridgehead atoms. The smallest absolute Gasteiger partial charge is 0.341 e. The molecule has 0 aliphatic heterocycles. The Hall–Kier alpha value is -3.25. The fourth-order valence-corrected chi connectivity index (χ4v) is 4.20. The van der Waals surface area contributed by atoms with E-state index in [1.54, 1.807) is 31.2 Å². The zero-order chi connectivity index (χ0) is 21.0. The third-order valence-electron chi connectivity index (χ3n) is 3.77. The molecule has 2 aromatic carbocycles. The highest BCUT2D eigenvalue weighted by atomic mass is 32.2. The minimum Gasteiger partial charge on any atom is -0.492 e. The van der Waals surface area contributed by atoms with E-state index in [0.29, 0.717) is 11.3 Å². The van der Waals surface area contributed by atoms with Gasteiger partial charge in [0.15, 0.2) is 0 Å². The molecule has 3 aromatic rings. The molecule has 152 valence electrons. The Morgan fingerprint density at radius 3 is 2.79 bits per heavy atom. The topological polar surface area (TPSA) is 144 Å². The largest absolute Gasteiger partial charge is 0.492 e. The van der Waals surface area contributed by atoms with Crippen LogP contribution in [0.25, 0.3) is 11.0 Å². The molecule has 1 heterocycles. The second-order valence-corrected chi connectivity index (χ2v) is 7.95. The molecule has 0 unspecified atom stereocenters. The Balaban J connectivity index is 1.78. The SMILES string of the molecule is C=NN(CCOc1cc(C)cc(OS(=O)(=O)c2cccc3nsnc23)c1)C(=N)N. The van der Waals surface area contributed by atoms with Crippen molar-refractivity contribution in [2.24, 2.45) is 10.8 Å². The maximum Gasteiger partial charge on any atom is 0.341 e. The zero-order valence-electron chi connectivity index (χ0n) is 15.4. The predicted octanol–water partition coefficient (Wildman–Crippen LogP) is 1.96. The normalized spacial score (nSPS) is 11.2. The highest BCUT2D eigenvalue weighted by molar-refractivity contribution is 7.87. The molecule has 1 aromatic heterocycles. The molecule has 0 radical (unpaired) electrons. The number of fused-ring (bicyclic) bond motifs is 1. The molecule has 0 fully saturated rings. The van der Waals surface area contributed by atoms with Crippen LogP contribution in [-0.2, 0) is 10.1 Å². The quantitative estimate of drug-likeness (QED) is 0.237. The molecule has 3 rings (SSSR count). The van der Waals surface area contributed by atoms with E-state index in [-0.39, 0.29) is 35.3 Å². The summed E-state index contributed by atoms with van der Waals surface area (Å²) in [4.78, 5) is -0.0538. The van der Waals surface area contributed by atoms with Crippen LogP contribution in [0.15, 0.2) is 46.4 Å². The van der Waals surface area contributed by atoms with Gasteiger partial charge in [-0.15, -0.1) is 0 Å². The Labute approximate surface area is 171 Å². The number of nitrogens with zero attached hydrogens (tertiary/aromatic N) is 4. The van der Waals surface area contributed by atoms with Crippen molar-refractivity contribution in [1.29, 1.82) is 5.41 Å². The molecule has 10 nitrogen and oxygen atoms in total. The van der Waals surface area contributed by atoms with Crippen LogP contribution in [0.5, 0.6) is 11.5 Å². The van der Waals surface area contributed by atoms with Crippen molar-refractivity contribution in [3.63, 3.8) is 0 Å². The molecule has 0 amide bonds. The summed E-state index contributed by atoms with van der Waals surface area (Å²) in [6.45, 7) is 5.47. The van der Waals surface area contributed by atoms with E-state index in [2.05, 4.69) is 20.6 Å². The summed E-state index contributed by atoms with van der Waals surface area (Å²) in [7, 11) is -4.12. The lowest BCUT2D eigenvalue weighted by Crippen LogP contribution is -2.34. The summed E-state index contributed by atoms with van der Waals surface area (Å²) in [5, 5.41) is 12.1. The molecular weight excluding hydrogens is 416 g/mol. The van der Waals surface area contributed by atoms with E-state index in [1.165, 1.54) is 17.1 Å². The first-order valence-electron chi connectivity index (χ1n) is 8.28. The Kier molecular flexibility index (Phi) is 5.94. The molecule has 0 atom stereocenters. The number of hydrogen-bond donors (Lipinski definition) is 2. The van der Waals surface area contributed by atoms with Gasteiger partial charge < -0.3 is 14.7 Å². The number of aryl methyl sites for hydroxylation is 1. The van der Waals surface area contributed by atoms with E-state index in [9.17, 15) is 8.42 Å². The summed E-state index contributed by atoms with van der Waals surface area (Å²) in [6, 6.07) is 9.45. The van der Waals surface area contributed by atoms with Gasteiger partial charge in [0.2, 0.25) is 5.96 Å². The summed E-state index contributed by atoms with van der Waals surface area (Å²) in [6.07, 6.45) is 0. The van der Waals surface area contributed by atoms with Gasteiger partial charge in [-0.1, -0.05) is 6.07 Å². The number of rotatable bonds is 8. The van der Waals surface area contributed by atoms with Crippen molar-refractivity contribution in [1.82, 2.24) is 13.8 Å².